The molecule has 0 bridgehead atoms. The summed E-state index contributed by atoms with van der Waals surface area (Å²) in [5.41, 5.74) is 3.21. The molecule has 0 saturated carbocycles. The van der Waals surface area contributed by atoms with Crippen molar-refractivity contribution in [3.05, 3.63) is 89.2 Å². The van der Waals surface area contributed by atoms with E-state index in [0.29, 0.717) is 16.3 Å². The zero-order valence-corrected chi connectivity index (χ0v) is 15.0. The summed E-state index contributed by atoms with van der Waals surface area (Å²) >= 11 is 6.08. The van der Waals surface area contributed by atoms with E-state index in [2.05, 4.69) is 27.8 Å². The van der Waals surface area contributed by atoms with Gasteiger partial charge in [-0.05, 0) is 36.6 Å². The molecule has 1 amide bonds. The van der Waals surface area contributed by atoms with E-state index in [1.54, 1.807) is 30.6 Å². The zero-order chi connectivity index (χ0) is 18.2. The molecule has 1 heterocycles. The number of para-hydroxylation sites is 1. The van der Waals surface area contributed by atoms with Crippen molar-refractivity contribution in [1.29, 1.82) is 0 Å². The Morgan fingerprint density at radius 3 is 2.58 bits per heavy atom. The van der Waals surface area contributed by atoms with E-state index in [1.165, 1.54) is 5.56 Å². The van der Waals surface area contributed by atoms with E-state index in [4.69, 9.17) is 11.6 Å². The fraction of sp³-hybridized carbons (Fsp3) is 0.143. The molecule has 4 nitrogen and oxygen atoms in total. The number of carbonyl (C=O) groups excluding carboxylic acids is 1. The summed E-state index contributed by atoms with van der Waals surface area (Å²) in [6.07, 6.45) is 5.27. The van der Waals surface area contributed by atoms with Gasteiger partial charge in [-0.3, -0.25) is 9.78 Å². The Kier molecular flexibility index (Phi) is 6.23. The lowest BCUT2D eigenvalue weighted by atomic mass is 10.1. The third kappa shape index (κ3) is 5.07. The summed E-state index contributed by atoms with van der Waals surface area (Å²) in [4.78, 5) is 16.5. The molecule has 0 radical (unpaired) electrons. The van der Waals surface area contributed by atoms with Gasteiger partial charge in [0.15, 0.2) is 0 Å². The van der Waals surface area contributed by atoms with Crippen LogP contribution in [0.25, 0.3) is 0 Å². The minimum atomic E-state index is -0.237. The van der Waals surface area contributed by atoms with Crippen LogP contribution in [0.4, 0.5) is 11.4 Å². The number of amides is 1. The van der Waals surface area contributed by atoms with E-state index in [-0.39, 0.29) is 5.91 Å². The largest absolute Gasteiger partial charge is 0.384 e. The van der Waals surface area contributed by atoms with E-state index in [9.17, 15) is 4.79 Å². The van der Waals surface area contributed by atoms with Gasteiger partial charge in [0.1, 0.15) is 0 Å². The zero-order valence-electron chi connectivity index (χ0n) is 14.3. The lowest BCUT2D eigenvalue weighted by Crippen LogP contribution is -2.13. The van der Waals surface area contributed by atoms with E-state index in [1.807, 2.05) is 30.3 Å². The molecule has 0 saturated heterocycles. The van der Waals surface area contributed by atoms with Crippen LogP contribution >= 0.6 is 11.6 Å². The van der Waals surface area contributed by atoms with Crippen LogP contribution in [0.2, 0.25) is 5.02 Å². The number of rotatable bonds is 7. The van der Waals surface area contributed by atoms with Crippen LogP contribution in [0.3, 0.4) is 0 Å². The van der Waals surface area contributed by atoms with Crippen molar-refractivity contribution < 1.29 is 4.79 Å². The second-order valence-corrected chi connectivity index (χ2v) is 6.32. The molecule has 0 aliphatic rings. The van der Waals surface area contributed by atoms with Crippen molar-refractivity contribution >= 4 is 28.9 Å². The van der Waals surface area contributed by atoms with E-state index < -0.39 is 0 Å². The van der Waals surface area contributed by atoms with Gasteiger partial charge < -0.3 is 10.6 Å². The molecular formula is C21H20ClN3O. The second kappa shape index (κ2) is 9.02. The number of carbonyl (C=O) groups is 1. The van der Waals surface area contributed by atoms with Gasteiger partial charge in [0.2, 0.25) is 0 Å². The van der Waals surface area contributed by atoms with E-state index >= 15 is 0 Å². The molecule has 5 heteroatoms. The average molecular weight is 366 g/mol. The number of anilines is 2. The molecule has 26 heavy (non-hydrogen) atoms. The summed E-state index contributed by atoms with van der Waals surface area (Å²) in [7, 11) is 0. The normalized spacial score (nSPS) is 10.3. The van der Waals surface area contributed by atoms with Gasteiger partial charge in [-0.1, -0.05) is 54.1 Å². The van der Waals surface area contributed by atoms with Gasteiger partial charge in [-0.15, -0.1) is 0 Å². The highest BCUT2D eigenvalue weighted by molar-refractivity contribution is 6.33. The van der Waals surface area contributed by atoms with Gasteiger partial charge >= 0.3 is 0 Å². The third-order valence-electron chi connectivity index (χ3n) is 3.94. The highest BCUT2D eigenvalue weighted by atomic mass is 35.5. The minimum Gasteiger partial charge on any atom is -0.384 e. The molecule has 1 aromatic heterocycles. The molecule has 0 unspecified atom stereocenters. The number of aromatic nitrogens is 1. The van der Waals surface area contributed by atoms with Crippen molar-refractivity contribution in [2.75, 3.05) is 17.2 Å². The predicted molar refractivity (Wildman–Crippen MR) is 107 cm³/mol. The Labute approximate surface area is 158 Å². The topological polar surface area (TPSA) is 54.0 Å². The monoisotopic (exact) mass is 365 g/mol. The maximum atomic E-state index is 12.4. The van der Waals surface area contributed by atoms with Crippen LogP contribution in [-0.4, -0.2) is 17.4 Å². The first-order valence-corrected chi connectivity index (χ1v) is 8.89. The summed E-state index contributed by atoms with van der Waals surface area (Å²) in [6.45, 7) is 0.812. The molecule has 3 aromatic rings. The van der Waals surface area contributed by atoms with Crippen molar-refractivity contribution in [2.45, 2.75) is 12.8 Å². The van der Waals surface area contributed by atoms with Gasteiger partial charge in [-0.25, -0.2) is 0 Å². The van der Waals surface area contributed by atoms with Gasteiger partial charge in [0.05, 0.1) is 22.0 Å². The molecule has 0 spiro atoms. The lowest BCUT2D eigenvalue weighted by molar-refractivity contribution is 0.102. The summed E-state index contributed by atoms with van der Waals surface area (Å²) in [5, 5.41) is 6.62. The number of nitrogens with one attached hydrogen (secondary N) is 2. The van der Waals surface area contributed by atoms with Crippen LogP contribution in [0.15, 0.2) is 73.1 Å². The molecule has 2 aromatic carbocycles. The standard InChI is InChI=1S/C21H20ClN3O/c22-19-10-4-5-11-20(19)25-21(26)17-13-18(15-23-14-17)24-12-6-9-16-7-2-1-3-8-16/h1-5,7-8,10-11,13-15,24H,6,9,12H2,(H,25,26). The number of halogens is 1. The smallest absolute Gasteiger partial charge is 0.257 e. The third-order valence-corrected chi connectivity index (χ3v) is 4.27. The van der Waals surface area contributed by atoms with Crippen LogP contribution in [0, 0.1) is 0 Å². The van der Waals surface area contributed by atoms with Crippen LogP contribution in [0.1, 0.15) is 22.3 Å². The molecule has 3 rings (SSSR count). The first-order chi connectivity index (χ1) is 12.7. The quantitative estimate of drug-likeness (QED) is 0.577. The highest BCUT2D eigenvalue weighted by Crippen LogP contribution is 2.21. The van der Waals surface area contributed by atoms with Gasteiger partial charge in [0, 0.05) is 18.9 Å². The molecule has 0 aliphatic heterocycles. The maximum Gasteiger partial charge on any atom is 0.257 e. The Hall–Kier alpha value is -2.85. The van der Waals surface area contributed by atoms with Crippen LogP contribution in [-0.2, 0) is 6.42 Å². The number of aryl methyl sites for hydroxylation is 1. The molecular weight excluding hydrogens is 346 g/mol. The summed E-state index contributed by atoms with van der Waals surface area (Å²) < 4.78 is 0. The minimum absolute atomic E-state index is 0.237. The molecule has 0 aliphatic carbocycles. The first-order valence-electron chi connectivity index (χ1n) is 8.51. The van der Waals surface area contributed by atoms with Crippen molar-refractivity contribution in [2.24, 2.45) is 0 Å². The van der Waals surface area contributed by atoms with Crippen molar-refractivity contribution in [1.82, 2.24) is 4.98 Å². The maximum absolute atomic E-state index is 12.4. The number of nitrogens with zero attached hydrogens (tertiary/aromatic N) is 1. The molecule has 132 valence electrons. The second-order valence-electron chi connectivity index (χ2n) is 5.91. The number of hydrogen-bond acceptors (Lipinski definition) is 3. The first kappa shape index (κ1) is 18.0. The Bertz CT molecular complexity index is 868. The molecule has 2 N–H and O–H groups in total. The van der Waals surface area contributed by atoms with Crippen LogP contribution < -0.4 is 10.6 Å². The Morgan fingerprint density at radius 1 is 1.00 bits per heavy atom. The molecule has 0 atom stereocenters. The fourth-order valence-electron chi connectivity index (χ4n) is 2.59. The van der Waals surface area contributed by atoms with Gasteiger partial charge in [-0.2, -0.15) is 0 Å². The number of hydrogen-bond donors (Lipinski definition) is 2. The van der Waals surface area contributed by atoms with Gasteiger partial charge in [0.25, 0.3) is 5.91 Å². The summed E-state index contributed by atoms with van der Waals surface area (Å²) in [5.74, 6) is -0.237. The van der Waals surface area contributed by atoms with E-state index in [0.717, 1.165) is 25.1 Å². The van der Waals surface area contributed by atoms with Crippen molar-refractivity contribution in [3.63, 3.8) is 0 Å². The van der Waals surface area contributed by atoms with Crippen LogP contribution in [0.5, 0.6) is 0 Å². The number of benzene rings is 2. The SMILES string of the molecule is O=C(Nc1ccccc1Cl)c1cncc(NCCCc2ccccc2)c1. The Balaban J connectivity index is 1.54. The summed E-state index contributed by atoms with van der Waals surface area (Å²) in [6, 6.07) is 19.3. The average Bonchev–Trinajstić information content (AvgIpc) is 2.68. The van der Waals surface area contributed by atoms with Crippen molar-refractivity contribution in [3.8, 4) is 0 Å². The lowest BCUT2D eigenvalue weighted by Gasteiger charge is -2.09. The molecule has 0 fully saturated rings. The number of pyridine rings is 1. The fourth-order valence-corrected chi connectivity index (χ4v) is 2.77. The highest BCUT2D eigenvalue weighted by Gasteiger charge is 2.09. The predicted octanol–water partition coefficient (Wildman–Crippen LogP) is 5.03. The Morgan fingerprint density at radius 2 is 1.77 bits per heavy atom.